The molecule has 0 aromatic carbocycles. The summed E-state index contributed by atoms with van der Waals surface area (Å²) >= 11 is 0. The van der Waals surface area contributed by atoms with Crippen molar-refractivity contribution in [3.63, 3.8) is 0 Å². The summed E-state index contributed by atoms with van der Waals surface area (Å²) in [5.41, 5.74) is 0. The molecule has 0 amide bonds. The van der Waals surface area contributed by atoms with E-state index in [2.05, 4.69) is 26.0 Å². The SMILES string of the molecule is CCCC/C=C/CCCCCCCC(=O)OC[C@H](CO)OC(=O)CCCCCCCCCCCCCC. The van der Waals surface area contributed by atoms with E-state index >= 15 is 0 Å². The number of aliphatic hydroxyl groups is 1. The molecule has 0 rings (SSSR count). The van der Waals surface area contributed by atoms with E-state index in [1.165, 1.54) is 89.9 Å². The summed E-state index contributed by atoms with van der Waals surface area (Å²) < 4.78 is 10.5. The van der Waals surface area contributed by atoms with Crippen LogP contribution in [-0.2, 0) is 19.1 Å². The Bertz CT molecular complexity index is 531. The minimum Gasteiger partial charge on any atom is -0.462 e. The van der Waals surface area contributed by atoms with Gasteiger partial charge in [-0.1, -0.05) is 129 Å². The molecule has 0 unspecified atom stereocenters. The fourth-order valence-electron chi connectivity index (χ4n) is 4.36. The minimum absolute atomic E-state index is 0.0656. The summed E-state index contributed by atoms with van der Waals surface area (Å²) in [6, 6.07) is 0. The number of hydrogen-bond donors (Lipinski definition) is 1. The molecule has 5 heteroatoms. The summed E-state index contributed by atoms with van der Waals surface area (Å²) in [5.74, 6) is -0.600. The molecule has 37 heavy (non-hydrogen) atoms. The molecule has 1 atom stereocenters. The standard InChI is InChI=1S/C32H60O5/c1-3-5-7-9-11-13-15-17-19-21-23-25-27-32(35)37-30(28-33)29-36-31(34)26-24-22-20-18-16-14-12-10-8-6-4-2/h10,12,30,33H,3-9,11,13-29H2,1-2H3/b12-10+/t30-/m0/s1. The first-order valence-corrected chi connectivity index (χ1v) is 15.7. The van der Waals surface area contributed by atoms with Crippen LogP contribution in [0.2, 0.25) is 0 Å². The molecule has 0 aliphatic carbocycles. The Hall–Kier alpha value is -1.36. The zero-order valence-electron chi connectivity index (χ0n) is 24.5. The Morgan fingerprint density at radius 1 is 0.595 bits per heavy atom. The van der Waals surface area contributed by atoms with Crippen LogP contribution in [-0.4, -0.2) is 36.4 Å². The van der Waals surface area contributed by atoms with Crippen LogP contribution in [0.5, 0.6) is 0 Å². The van der Waals surface area contributed by atoms with Gasteiger partial charge in [-0.2, -0.15) is 0 Å². The van der Waals surface area contributed by atoms with Gasteiger partial charge >= 0.3 is 11.9 Å². The van der Waals surface area contributed by atoms with Gasteiger partial charge in [0.05, 0.1) is 6.61 Å². The molecule has 1 N–H and O–H groups in total. The van der Waals surface area contributed by atoms with Crippen molar-refractivity contribution >= 4 is 11.9 Å². The van der Waals surface area contributed by atoms with Crippen LogP contribution in [0, 0.1) is 0 Å². The Kier molecular flexibility index (Phi) is 28.1. The average molecular weight is 525 g/mol. The number of carbonyl (C=O) groups is 2. The van der Waals surface area contributed by atoms with E-state index in [9.17, 15) is 14.7 Å². The van der Waals surface area contributed by atoms with Gasteiger partial charge in [0.2, 0.25) is 0 Å². The predicted molar refractivity (Wildman–Crippen MR) is 155 cm³/mol. The van der Waals surface area contributed by atoms with Crippen LogP contribution < -0.4 is 0 Å². The van der Waals surface area contributed by atoms with Crippen molar-refractivity contribution in [2.75, 3.05) is 13.2 Å². The fraction of sp³-hybridized carbons (Fsp3) is 0.875. The third kappa shape index (κ3) is 27.5. The highest BCUT2D eigenvalue weighted by Crippen LogP contribution is 2.13. The number of carbonyl (C=O) groups excluding carboxylic acids is 2. The lowest BCUT2D eigenvalue weighted by Gasteiger charge is -2.15. The summed E-state index contributed by atoms with van der Waals surface area (Å²) in [4.78, 5) is 24.0. The van der Waals surface area contributed by atoms with Gasteiger partial charge in [0.1, 0.15) is 6.61 Å². The van der Waals surface area contributed by atoms with Crippen molar-refractivity contribution in [3.8, 4) is 0 Å². The lowest BCUT2D eigenvalue weighted by atomic mass is 10.0. The van der Waals surface area contributed by atoms with Crippen molar-refractivity contribution in [1.29, 1.82) is 0 Å². The first kappa shape index (κ1) is 35.6. The van der Waals surface area contributed by atoms with Gasteiger partial charge in [-0.3, -0.25) is 9.59 Å². The maximum absolute atomic E-state index is 12.0. The molecule has 0 heterocycles. The monoisotopic (exact) mass is 524 g/mol. The Labute approximate surface area is 229 Å². The maximum Gasteiger partial charge on any atom is 0.306 e. The molecular formula is C32H60O5. The normalized spacial score (nSPS) is 12.2. The molecule has 0 aliphatic rings. The van der Waals surface area contributed by atoms with Crippen LogP contribution in [0.15, 0.2) is 12.2 Å². The van der Waals surface area contributed by atoms with Gasteiger partial charge in [0.15, 0.2) is 6.10 Å². The lowest BCUT2D eigenvalue weighted by molar-refractivity contribution is -0.161. The summed E-state index contributed by atoms with van der Waals surface area (Å²) in [5, 5.41) is 9.46. The van der Waals surface area contributed by atoms with Gasteiger partial charge in [-0.25, -0.2) is 0 Å². The van der Waals surface area contributed by atoms with E-state index in [1.807, 2.05) is 0 Å². The van der Waals surface area contributed by atoms with E-state index < -0.39 is 6.10 Å². The van der Waals surface area contributed by atoms with Crippen LogP contribution >= 0.6 is 0 Å². The summed E-state index contributed by atoms with van der Waals surface area (Å²) in [6.07, 6.45) is 29.7. The highest BCUT2D eigenvalue weighted by molar-refractivity contribution is 5.70. The van der Waals surface area contributed by atoms with Crippen LogP contribution in [0.4, 0.5) is 0 Å². The third-order valence-electron chi connectivity index (χ3n) is 6.81. The highest BCUT2D eigenvalue weighted by Gasteiger charge is 2.16. The number of esters is 2. The minimum atomic E-state index is -0.765. The lowest BCUT2D eigenvalue weighted by Crippen LogP contribution is -2.28. The van der Waals surface area contributed by atoms with Crippen molar-refractivity contribution in [2.45, 2.75) is 168 Å². The second-order valence-corrected chi connectivity index (χ2v) is 10.5. The molecule has 0 aromatic rings. The van der Waals surface area contributed by atoms with Crippen LogP contribution in [0.25, 0.3) is 0 Å². The van der Waals surface area contributed by atoms with Gasteiger partial charge in [-0.15, -0.1) is 0 Å². The average Bonchev–Trinajstić information content (AvgIpc) is 2.90. The Balaban J connectivity index is 3.59. The molecule has 0 radical (unpaired) electrons. The van der Waals surface area contributed by atoms with Crippen molar-refractivity contribution in [2.24, 2.45) is 0 Å². The van der Waals surface area contributed by atoms with Gasteiger partial charge in [0, 0.05) is 12.8 Å². The Morgan fingerprint density at radius 3 is 1.54 bits per heavy atom. The quantitative estimate of drug-likeness (QED) is 0.0628. The molecular weight excluding hydrogens is 464 g/mol. The van der Waals surface area contributed by atoms with E-state index in [1.54, 1.807) is 0 Å². The second kappa shape index (κ2) is 29.2. The van der Waals surface area contributed by atoms with Crippen LogP contribution in [0.1, 0.15) is 162 Å². The molecule has 5 nitrogen and oxygen atoms in total. The Morgan fingerprint density at radius 2 is 1.03 bits per heavy atom. The van der Waals surface area contributed by atoms with E-state index in [4.69, 9.17) is 9.47 Å². The topological polar surface area (TPSA) is 72.8 Å². The van der Waals surface area contributed by atoms with Gasteiger partial charge < -0.3 is 14.6 Å². The van der Waals surface area contributed by atoms with E-state index in [0.717, 1.165) is 44.9 Å². The van der Waals surface area contributed by atoms with Crippen molar-refractivity contribution in [3.05, 3.63) is 12.2 Å². The third-order valence-corrected chi connectivity index (χ3v) is 6.81. The maximum atomic E-state index is 12.0. The number of aliphatic hydroxyl groups excluding tert-OH is 1. The highest BCUT2D eigenvalue weighted by atomic mass is 16.6. The number of ether oxygens (including phenoxy) is 2. The fourth-order valence-corrected chi connectivity index (χ4v) is 4.36. The van der Waals surface area contributed by atoms with Crippen LogP contribution in [0.3, 0.4) is 0 Å². The molecule has 0 bridgehead atoms. The van der Waals surface area contributed by atoms with E-state index in [-0.39, 0.29) is 25.2 Å². The molecule has 218 valence electrons. The van der Waals surface area contributed by atoms with Crippen molar-refractivity contribution in [1.82, 2.24) is 0 Å². The molecule has 0 spiro atoms. The molecule has 0 aliphatic heterocycles. The number of hydrogen-bond acceptors (Lipinski definition) is 5. The number of rotatable bonds is 28. The predicted octanol–water partition coefficient (Wildman–Crippen LogP) is 9.00. The summed E-state index contributed by atoms with van der Waals surface area (Å²) in [7, 11) is 0. The van der Waals surface area contributed by atoms with Gasteiger partial charge in [-0.05, 0) is 32.1 Å². The number of allylic oxidation sites excluding steroid dienone is 2. The van der Waals surface area contributed by atoms with Crippen molar-refractivity contribution < 1.29 is 24.2 Å². The number of unbranched alkanes of at least 4 members (excludes halogenated alkanes) is 18. The largest absolute Gasteiger partial charge is 0.462 e. The molecule has 0 aromatic heterocycles. The zero-order chi connectivity index (χ0) is 27.2. The second-order valence-electron chi connectivity index (χ2n) is 10.5. The molecule has 0 saturated carbocycles. The zero-order valence-corrected chi connectivity index (χ0v) is 24.5. The van der Waals surface area contributed by atoms with E-state index in [0.29, 0.717) is 12.8 Å². The summed E-state index contributed by atoms with van der Waals surface area (Å²) in [6.45, 7) is 4.07. The smallest absolute Gasteiger partial charge is 0.306 e. The first-order chi connectivity index (χ1) is 18.1. The van der Waals surface area contributed by atoms with Gasteiger partial charge in [0.25, 0.3) is 0 Å². The molecule has 0 saturated heterocycles. The first-order valence-electron chi connectivity index (χ1n) is 15.7. The molecule has 0 fully saturated rings.